The predicted molar refractivity (Wildman–Crippen MR) is 73.4 cm³/mol. The van der Waals surface area contributed by atoms with Crippen LogP contribution in [0.1, 0.15) is 46.1 Å². The van der Waals surface area contributed by atoms with Crippen molar-refractivity contribution < 1.29 is 31.1 Å². The van der Waals surface area contributed by atoms with Crippen molar-refractivity contribution in [2.24, 2.45) is 0 Å². The highest BCUT2D eigenvalue weighted by molar-refractivity contribution is 5.94. The van der Waals surface area contributed by atoms with Gasteiger partial charge in [-0.05, 0) is 32.0 Å². The minimum absolute atomic E-state index is 0.0428. The van der Waals surface area contributed by atoms with E-state index < -0.39 is 41.0 Å². The first-order valence-corrected chi connectivity index (χ1v) is 6.87. The maximum Gasteiger partial charge on any atom is 0.416 e. The fourth-order valence-electron chi connectivity index (χ4n) is 1.98. The summed E-state index contributed by atoms with van der Waals surface area (Å²) in [5.41, 5.74) is -3.89. The van der Waals surface area contributed by atoms with Gasteiger partial charge in [0.1, 0.15) is 5.82 Å². The lowest BCUT2D eigenvalue weighted by atomic mass is 10.0. The van der Waals surface area contributed by atoms with Crippen LogP contribution < -0.4 is 5.32 Å². The maximum atomic E-state index is 12.8. The number of amides is 1. The van der Waals surface area contributed by atoms with Crippen LogP contribution in [0.3, 0.4) is 0 Å². The number of rotatable bonds is 3. The highest BCUT2D eigenvalue weighted by Crippen LogP contribution is 2.36. The molecule has 1 atom stereocenters. The second kappa shape index (κ2) is 6.37. The van der Waals surface area contributed by atoms with Crippen molar-refractivity contribution in [3.05, 3.63) is 46.5 Å². The van der Waals surface area contributed by atoms with Crippen LogP contribution in [-0.2, 0) is 12.4 Å². The Hall–Kier alpha value is -2.59. The molecule has 1 amide bonds. The zero-order valence-electron chi connectivity index (χ0n) is 12.9. The molecule has 0 unspecified atom stereocenters. The minimum Gasteiger partial charge on any atom is -0.342 e. The molecular formula is C14H12F6N4O. The number of carbonyl (C=O) groups is 1. The number of halogens is 6. The standard InChI is InChI=1S/C14H12F6N4O/c1-6(11-22-7(2)23-24-11)21-12(25)8-3-9(13(15,16)17)5-10(4-8)14(18,19)20/h3-6H,1-2H3,(H,21,25)(H,22,23,24)/t6-/m0/s1. The molecule has 1 aromatic carbocycles. The number of benzene rings is 1. The van der Waals surface area contributed by atoms with Crippen LogP contribution in [0.25, 0.3) is 0 Å². The molecule has 0 bridgehead atoms. The topological polar surface area (TPSA) is 70.7 Å². The summed E-state index contributed by atoms with van der Waals surface area (Å²) in [4.78, 5) is 16.0. The quantitative estimate of drug-likeness (QED) is 0.815. The minimum atomic E-state index is -5.03. The smallest absolute Gasteiger partial charge is 0.342 e. The Balaban J connectivity index is 2.35. The van der Waals surface area contributed by atoms with E-state index in [1.165, 1.54) is 6.92 Å². The molecule has 0 aliphatic carbocycles. The monoisotopic (exact) mass is 366 g/mol. The summed E-state index contributed by atoms with van der Waals surface area (Å²) in [6, 6.07) is -0.138. The normalized spacial score (nSPS) is 13.6. The number of hydrogen-bond donors (Lipinski definition) is 2. The Labute approximate surface area is 137 Å². The number of H-pyrrole nitrogens is 1. The number of alkyl halides is 6. The Kier molecular flexibility index (Phi) is 4.78. The number of hydrogen-bond acceptors (Lipinski definition) is 3. The summed E-state index contributed by atoms with van der Waals surface area (Å²) < 4.78 is 76.8. The summed E-state index contributed by atoms with van der Waals surface area (Å²) >= 11 is 0. The van der Waals surface area contributed by atoms with E-state index in [4.69, 9.17) is 0 Å². The molecule has 0 radical (unpaired) electrons. The molecule has 1 aromatic heterocycles. The molecular weight excluding hydrogens is 354 g/mol. The second-order valence-corrected chi connectivity index (χ2v) is 5.27. The zero-order valence-corrected chi connectivity index (χ0v) is 12.9. The number of carbonyl (C=O) groups excluding carboxylic acids is 1. The summed E-state index contributed by atoms with van der Waals surface area (Å²) in [5, 5.41) is 8.54. The third-order valence-electron chi connectivity index (χ3n) is 3.20. The molecule has 0 aliphatic rings. The largest absolute Gasteiger partial charge is 0.416 e. The van der Waals surface area contributed by atoms with Gasteiger partial charge in [0.05, 0.1) is 17.2 Å². The van der Waals surface area contributed by atoms with Gasteiger partial charge in [-0.1, -0.05) is 0 Å². The average molecular weight is 366 g/mol. The van der Waals surface area contributed by atoms with Crippen molar-refractivity contribution >= 4 is 5.91 Å². The van der Waals surface area contributed by atoms with E-state index >= 15 is 0 Å². The molecule has 0 fully saturated rings. The van der Waals surface area contributed by atoms with Gasteiger partial charge in [0.2, 0.25) is 0 Å². The lowest BCUT2D eigenvalue weighted by molar-refractivity contribution is -0.143. The van der Waals surface area contributed by atoms with Gasteiger partial charge in [-0.2, -0.15) is 31.4 Å². The summed E-state index contributed by atoms with van der Waals surface area (Å²) in [6.45, 7) is 3.03. The van der Waals surface area contributed by atoms with Crippen LogP contribution in [0.5, 0.6) is 0 Å². The summed E-state index contributed by atoms with van der Waals surface area (Å²) in [5.74, 6) is -0.519. The van der Waals surface area contributed by atoms with Crippen LogP contribution in [0.15, 0.2) is 18.2 Å². The first-order valence-electron chi connectivity index (χ1n) is 6.87. The van der Waals surface area contributed by atoms with Gasteiger partial charge in [0, 0.05) is 5.56 Å². The van der Waals surface area contributed by atoms with Crippen molar-refractivity contribution in [3.63, 3.8) is 0 Å². The molecule has 1 heterocycles. The average Bonchev–Trinajstić information content (AvgIpc) is 2.91. The molecule has 2 aromatic rings. The lowest BCUT2D eigenvalue weighted by Gasteiger charge is -2.15. The van der Waals surface area contributed by atoms with E-state index in [-0.39, 0.29) is 11.9 Å². The predicted octanol–water partition coefficient (Wildman–Crippen LogP) is 3.64. The van der Waals surface area contributed by atoms with Gasteiger partial charge in [-0.3, -0.25) is 9.89 Å². The van der Waals surface area contributed by atoms with Crippen molar-refractivity contribution in [2.75, 3.05) is 0 Å². The van der Waals surface area contributed by atoms with Crippen molar-refractivity contribution in [1.29, 1.82) is 0 Å². The molecule has 25 heavy (non-hydrogen) atoms. The van der Waals surface area contributed by atoms with Crippen molar-refractivity contribution in [3.8, 4) is 0 Å². The molecule has 136 valence electrons. The maximum absolute atomic E-state index is 12.8. The molecule has 0 saturated carbocycles. The number of aromatic amines is 1. The van der Waals surface area contributed by atoms with Gasteiger partial charge in [-0.15, -0.1) is 0 Å². The van der Waals surface area contributed by atoms with Crippen LogP contribution in [0.4, 0.5) is 26.3 Å². The fraction of sp³-hybridized carbons (Fsp3) is 0.357. The van der Waals surface area contributed by atoms with E-state index in [0.29, 0.717) is 18.0 Å². The highest BCUT2D eigenvalue weighted by atomic mass is 19.4. The van der Waals surface area contributed by atoms with Crippen LogP contribution in [0.2, 0.25) is 0 Å². The SMILES string of the molecule is Cc1nc([C@H](C)NC(=O)c2cc(C(F)(F)F)cc(C(F)(F)F)c2)n[nH]1. The fourth-order valence-corrected chi connectivity index (χ4v) is 1.98. The second-order valence-electron chi connectivity index (χ2n) is 5.27. The van der Waals surface area contributed by atoms with Gasteiger partial charge in [-0.25, -0.2) is 4.98 Å². The van der Waals surface area contributed by atoms with Crippen molar-refractivity contribution in [2.45, 2.75) is 32.2 Å². The van der Waals surface area contributed by atoms with Gasteiger partial charge >= 0.3 is 12.4 Å². The highest BCUT2D eigenvalue weighted by Gasteiger charge is 2.37. The number of nitrogens with zero attached hydrogens (tertiary/aromatic N) is 2. The Morgan fingerprint density at radius 2 is 1.60 bits per heavy atom. The van der Waals surface area contributed by atoms with E-state index in [1.807, 2.05) is 0 Å². The van der Waals surface area contributed by atoms with E-state index in [0.717, 1.165) is 0 Å². The van der Waals surface area contributed by atoms with Crippen LogP contribution in [0, 0.1) is 6.92 Å². The van der Waals surface area contributed by atoms with Gasteiger partial charge in [0.15, 0.2) is 5.82 Å². The first-order chi connectivity index (χ1) is 11.4. The first kappa shape index (κ1) is 18.7. The molecule has 0 aliphatic heterocycles. The third kappa shape index (κ3) is 4.48. The van der Waals surface area contributed by atoms with Crippen LogP contribution in [-0.4, -0.2) is 21.1 Å². The van der Waals surface area contributed by atoms with Crippen LogP contribution >= 0.6 is 0 Å². The molecule has 2 rings (SSSR count). The molecule has 0 spiro atoms. The van der Waals surface area contributed by atoms with Gasteiger partial charge < -0.3 is 5.32 Å². The molecule has 5 nitrogen and oxygen atoms in total. The number of aromatic nitrogens is 3. The zero-order chi connectivity index (χ0) is 19.0. The van der Waals surface area contributed by atoms with Gasteiger partial charge in [0.25, 0.3) is 5.91 Å². The van der Waals surface area contributed by atoms with Crippen molar-refractivity contribution in [1.82, 2.24) is 20.5 Å². The number of nitrogens with one attached hydrogen (secondary N) is 2. The van der Waals surface area contributed by atoms with E-state index in [2.05, 4.69) is 20.5 Å². The molecule has 11 heteroatoms. The lowest BCUT2D eigenvalue weighted by Crippen LogP contribution is -2.28. The molecule has 2 N–H and O–H groups in total. The Morgan fingerprint density at radius 3 is 2.00 bits per heavy atom. The summed E-state index contributed by atoms with van der Waals surface area (Å²) in [7, 11) is 0. The number of aryl methyl sites for hydroxylation is 1. The van der Waals surface area contributed by atoms with E-state index in [9.17, 15) is 31.1 Å². The Bertz CT molecular complexity index is 748. The Morgan fingerprint density at radius 1 is 1.08 bits per heavy atom. The molecule has 0 saturated heterocycles. The van der Waals surface area contributed by atoms with E-state index in [1.54, 1.807) is 6.92 Å². The summed E-state index contributed by atoms with van der Waals surface area (Å²) in [6.07, 6.45) is -10.1. The third-order valence-corrected chi connectivity index (χ3v) is 3.20.